The lowest BCUT2D eigenvalue weighted by atomic mass is 10.2. The molecule has 3 nitrogen and oxygen atoms in total. The topological polar surface area (TPSA) is 29.9 Å². The average molecular weight is 249 g/mol. The Labute approximate surface area is 112 Å². The van der Waals surface area contributed by atoms with E-state index in [-0.39, 0.29) is 0 Å². The molecule has 1 aromatic heterocycles. The maximum Gasteiger partial charge on any atom is 0.149 e. The molecule has 0 atom stereocenters. The smallest absolute Gasteiger partial charge is 0.149 e. The number of rotatable bonds is 3. The Morgan fingerprint density at radius 3 is 2.21 bits per heavy atom. The van der Waals surface area contributed by atoms with Crippen LogP contribution in [0.25, 0.3) is 11.4 Å². The Balaban J connectivity index is 1.90. The zero-order valence-corrected chi connectivity index (χ0v) is 10.7. The molecule has 0 aliphatic rings. The average Bonchev–Trinajstić information content (AvgIpc) is 2.82. The Morgan fingerprint density at radius 2 is 1.53 bits per heavy atom. The van der Waals surface area contributed by atoms with Gasteiger partial charge >= 0.3 is 0 Å². The molecule has 0 radical (unpaired) electrons. The van der Waals surface area contributed by atoms with Crippen LogP contribution in [0, 0.1) is 0 Å². The molecule has 3 aromatic rings. The van der Waals surface area contributed by atoms with Gasteiger partial charge in [-0.25, -0.2) is 4.98 Å². The molecule has 0 saturated carbocycles. The molecule has 1 N–H and O–H groups in total. The summed E-state index contributed by atoms with van der Waals surface area (Å²) in [5.41, 5.74) is 2.16. The predicted octanol–water partition coefficient (Wildman–Crippen LogP) is 3.83. The summed E-state index contributed by atoms with van der Waals surface area (Å²) in [5, 5.41) is 3.30. The number of aromatic nitrogens is 2. The number of imidazole rings is 1. The van der Waals surface area contributed by atoms with Gasteiger partial charge in [0.2, 0.25) is 0 Å². The summed E-state index contributed by atoms with van der Waals surface area (Å²) in [5.74, 6) is 1.81. The monoisotopic (exact) mass is 249 g/mol. The second-order valence-corrected chi connectivity index (χ2v) is 4.42. The highest BCUT2D eigenvalue weighted by molar-refractivity contribution is 5.62. The maximum atomic E-state index is 4.63. The molecule has 94 valence electrons. The van der Waals surface area contributed by atoms with Gasteiger partial charge in [0, 0.05) is 24.5 Å². The molecule has 0 aliphatic heterocycles. The van der Waals surface area contributed by atoms with Crippen LogP contribution in [-0.2, 0) is 7.05 Å². The Hall–Kier alpha value is -2.55. The molecule has 3 rings (SSSR count). The van der Waals surface area contributed by atoms with Crippen molar-refractivity contribution in [3.63, 3.8) is 0 Å². The van der Waals surface area contributed by atoms with Gasteiger partial charge in [-0.05, 0) is 12.1 Å². The van der Waals surface area contributed by atoms with Crippen LogP contribution in [0.1, 0.15) is 0 Å². The fourth-order valence-electron chi connectivity index (χ4n) is 2.05. The third-order valence-corrected chi connectivity index (χ3v) is 2.95. The summed E-state index contributed by atoms with van der Waals surface area (Å²) in [6.07, 6.45) is 2.00. The standard InChI is InChI=1S/C16H15N3/c1-19-12-15(17-14-10-6-3-7-11-14)18-16(19)13-8-4-2-5-9-13/h2-12,17H,1H3. The number of hydrogen-bond acceptors (Lipinski definition) is 2. The van der Waals surface area contributed by atoms with Crippen LogP contribution in [0.4, 0.5) is 11.5 Å². The lowest BCUT2D eigenvalue weighted by Gasteiger charge is -2.01. The van der Waals surface area contributed by atoms with E-state index >= 15 is 0 Å². The van der Waals surface area contributed by atoms with Gasteiger partial charge in [-0.15, -0.1) is 0 Å². The van der Waals surface area contributed by atoms with Crippen molar-refractivity contribution in [1.82, 2.24) is 9.55 Å². The molecule has 0 aliphatic carbocycles. The number of para-hydroxylation sites is 1. The first-order valence-electron chi connectivity index (χ1n) is 6.24. The van der Waals surface area contributed by atoms with Gasteiger partial charge in [0.15, 0.2) is 0 Å². The first kappa shape index (κ1) is 11.5. The van der Waals surface area contributed by atoms with E-state index in [0.717, 1.165) is 22.9 Å². The molecule has 0 saturated heterocycles. The summed E-state index contributed by atoms with van der Waals surface area (Å²) in [7, 11) is 2.01. The number of aryl methyl sites for hydroxylation is 1. The Bertz CT molecular complexity index is 657. The zero-order chi connectivity index (χ0) is 13.1. The highest BCUT2D eigenvalue weighted by Gasteiger charge is 2.07. The van der Waals surface area contributed by atoms with Crippen LogP contribution >= 0.6 is 0 Å². The molecule has 2 aromatic carbocycles. The largest absolute Gasteiger partial charge is 0.339 e. The first-order valence-corrected chi connectivity index (χ1v) is 6.24. The van der Waals surface area contributed by atoms with Crippen molar-refractivity contribution in [3.8, 4) is 11.4 Å². The highest BCUT2D eigenvalue weighted by atomic mass is 15.1. The predicted molar refractivity (Wildman–Crippen MR) is 78.4 cm³/mol. The highest BCUT2D eigenvalue weighted by Crippen LogP contribution is 2.21. The van der Waals surface area contributed by atoms with E-state index in [4.69, 9.17) is 0 Å². The van der Waals surface area contributed by atoms with E-state index in [1.165, 1.54) is 0 Å². The molecule has 0 unspecified atom stereocenters. The Morgan fingerprint density at radius 1 is 0.895 bits per heavy atom. The number of nitrogens with one attached hydrogen (secondary N) is 1. The number of hydrogen-bond donors (Lipinski definition) is 1. The summed E-state index contributed by atoms with van der Waals surface area (Å²) in [6.45, 7) is 0. The van der Waals surface area contributed by atoms with Crippen molar-refractivity contribution in [2.24, 2.45) is 7.05 Å². The minimum absolute atomic E-state index is 0.854. The molecule has 0 spiro atoms. The number of anilines is 2. The molecule has 19 heavy (non-hydrogen) atoms. The molecule has 0 amide bonds. The van der Waals surface area contributed by atoms with Crippen LogP contribution in [0.3, 0.4) is 0 Å². The van der Waals surface area contributed by atoms with Gasteiger partial charge in [-0.3, -0.25) is 0 Å². The second-order valence-electron chi connectivity index (χ2n) is 4.42. The molecule has 0 fully saturated rings. The number of benzene rings is 2. The van der Waals surface area contributed by atoms with Gasteiger partial charge < -0.3 is 9.88 Å². The normalized spacial score (nSPS) is 10.4. The van der Waals surface area contributed by atoms with Crippen molar-refractivity contribution in [2.75, 3.05) is 5.32 Å². The van der Waals surface area contributed by atoms with Gasteiger partial charge in [-0.2, -0.15) is 0 Å². The number of nitrogens with zero attached hydrogens (tertiary/aromatic N) is 2. The van der Waals surface area contributed by atoms with Gasteiger partial charge in [0.25, 0.3) is 0 Å². The van der Waals surface area contributed by atoms with Crippen LogP contribution in [0.15, 0.2) is 66.9 Å². The third-order valence-electron chi connectivity index (χ3n) is 2.95. The summed E-state index contributed by atoms with van der Waals surface area (Å²) in [4.78, 5) is 4.63. The minimum atomic E-state index is 0.854. The maximum absolute atomic E-state index is 4.63. The fraction of sp³-hybridized carbons (Fsp3) is 0.0625. The van der Waals surface area contributed by atoms with Gasteiger partial charge in [-0.1, -0.05) is 48.5 Å². The first-order chi connectivity index (χ1) is 9.33. The lowest BCUT2D eigenvalue weighted by Crippen LogP contribution is -1.90. The molecule has 0 bridgehead atoms. The van der Waals surface area contributed by atoms with E-state index in [1.54, 1.807) is 0 Å². The van der Waals surface area contributed by atoms with E-state index in [1.807, 2.05) is 66.3 Å². The second kappa shape index (κ2) is 4.98. The van der Waals surface area contributed by atoms with Crippen molar-refractivity contribution >= 4 is 11.5 Å². The quantitative estimate of drug-likeness (QED) is 0.764. The Kier molecular flexibility index (Phi) is 3.02. The van der Waals surface area contributed by atoms with Crippen LogP contribution in [0.2, 0.25) is 0 Å². The molecular weight excluding hydrogens is 234 g/mol. The van der Waals surface area contributed by atoms with Crippen molar-refractivity contribution < 1.29 is 0 Å². The van der Waals surface area contributed by atoms with E-state index < -0.39 is 0 Å². The molecular formula is C16H15N3. The SMILES string of the molecule is Cn1cc(Nc2ccccc2)nc1-c1ccccc1. The van der Waals surface area contributed by atoms with Gasteiger partial charge in [0.1, 0.15) is 11.6 Å². The minimum Gasteiger partial charge on any atom is -0.339 e. The fourth-order valence-corrected chi connectivity index (χ4v) is 2.05. The zero-order valence-electron chi connectivity index (χ0n) is 10.7. The van der Waals surface area contributed by atoms with Crippen molar-refractivity contribution in [3.05, 3.63) is 66.9 Å². The van der Waals surface area contributed by atoms with Crippen molar-refractivity contribution in [2.45, 2.75) is 0 Å². The van der Waals surface area contributed by atoms with Gasteiger partial charge in [0.05, 0.1) is 0 Å². The van der Waals surface area contributed by atoms with Crippen LogP contribution < -0.4 is 5.32 Å². The van der Waals surface area contributed by atoms with E-state index in [9.17, 15) is 0 Å². The van der Waals surface area contributed by atoms with Crippen LogP contribution in [0.5, 0.6) is 0 Å². The van der Waals surface area contributed by atoms with E-state index in [2.05, 4.69) is 22.4 Å². The van der Waals surface area contributed by atoms with Crippen LogP contribution in [-0.4, -0.2) is 9.55 Å². The summed E-state index contributed by atoms with van der Waals surface area (Å²) >= 11 is 0. The third kappa shape index (κ3) is 2.50. The summed E-state index contributed by atoms with van der Waals surface area (Å²) in [6, 6.07) is 20.2. The lowest BCUT2D eigenvalue weighted by molar-refractivity contribution is 0.925. The van der Waals surface area contributed by atoms with Crippen molar-refractivity contribution in [1.29, 1.82) is 0 Å². The molecule has 3 heteroatoms. The molecule has 1 heterocycles. The van der Waals surface area contributed by atoms with E-state index in [0.29, 0.717) is 0 Å². The summed E-state index contributed by atoms with van der Waals surface area (Å²) < 4.78 is 2.03.